The van der Waals surface area contributed by atoms with Crippen LogP contribution in [-0.4, -0.2) is 11.5 Å². The number of hydrogen-bond acceptors (Lipinski definition) is 3. The molecule has 4 heteroatoms. The first-order chi connectivity index (χ1) is 8.70. The summed E-state index contributed by atoms with van der Waals surface area (Å²) < 4.78 is 1.19. The number of aromatic nitrogens is 1. The lowest BCUT2D eigenvalue weighted by Crippen LogP contribution is -2.22. The van der Waals surface area contributed by atoms with Gasteiger partial charge in [0.15, 0.2) is 0 Å². The maximum Gasteiger partial charge on any atom is 0.0482 e. The van der Waals surface area contributed by atoms with Crippen molar-refractivity contribution in [3.05, 3.63) is 50.4 Å². The van der Waals surface area contributed by atoms with Gasteiger partial charge < -0.3 is 5.32 Å². The Bertz CT molecular complexity index is 493. The molecule has 0 radical (unpaired) electrons. The molecule has 0 aliphatic rings. The van der Waals surface area contributed by atoms with Crippen molar-refractivity contribution in [1.82, 2.24) is 10.3 Å². The van der Waals surface area contributed by atoms with E-state index in [1.54, 1.807) is 11.3 Å². The molecule has 2 nitrogen and oxygen atoms in total. The van der Waals surface area contributed by atoms with Crippen LogP contribution in [0.15, 0.2) is 34.2 Å². The number of rotatable bonds is 5. The summed E-state index contributed by atoms with van der Waals surface area (Å²) in [4.78, 5) is 5.84. The summed E-state index contributed by atoms with van der Waals surface area (Å²) in [5.41, 5.74) is 2.34. The van der Waals surface area contributed by atoms with Crippen LogP contribution in [0.5, 0.6) is 0 Å². The van der Waals surface area contributed by atoms with Crippen molar-refractivity contribution < 1.29 is 0 Å². The first kappa shape index (κ1) is 13.7. The molecule has 1 unspecified atom stereocenters. The maximum atomic E-state index is 4.49. The van der Waals surface area contributed by atoms with E-state index in [1.165, 1.54) is 14.9 Å². The molecular weight excluding hydrogens is 308 g/mol. The minimum absolute atomic E-state index is 0.333. The number of nitrogens with one attached hydrogen (secondary N) is 1. The largest absolute Gasteiger partial charge is 0.309 e. The van der Waals surface area contributed by atoms with Gasteiger partial charge in [0.2, 0.25) is 0 Å². The second-order valence-corrected chi connectivity index (χ2v) is 6.08. The highest BCUT2D eigenvalue weighted by molar-refractivity contribution is 9.10. The van der Waals surface area contributed by atoms with Crippen LogP contribution in [-0.2, 0) is 6.42 Å². The van der Waals surface area contributed by atoms with Crippen molar-refractivity contribution >= 4 is 27.3 Å². The average Bonchev–Trinajstić information content (AvgIpc) is 2.78. The van der Waals surface area contributed by atoms with Crippen molar-refractivity contribution in [3.63, 3.8) is 0 Å². The van der Waals surface area contributed by atoms with Crippen LogP contribution in [0.4, 0.5) is 0 Å². The third-order valence-electron chi connectivity index (χ3n) is 2.80. The Balaban J connectivity index is 2.16. The highest BCUT2D eigenvalue weighted by Crippen LogP contribution is 2.30. The van der Waals surface area contributed by atoms with E-state index in [0.29, 0.717) is 6.04 Å². The van der Waals surface area contributed by atoms with E-state index in [2.05, 4.69) is 63.7 Å². The molecule has 2 heterocycles. The Morgan fingerprint density at radius 3 is 2.78 bits per heavy atom. The van der Waals surface area contributed by atoms with Crippen LogP contribution < -0.4 is 5.32 Å². The topological polar surface area (TPSA) is 24.9 Å². The van der Waals surface area contributed by atoms with Crippen molar-refractivity contribution in [1.29, 1.82) is 0 Å². The number of halogens is 1. The fourth-order valence-electron chi connectivity index (χ4n) is 1.89. The molecule has 2 aromatic heterocycles. The summed E-state index contributed by atoms with van der Waals surface area (Å²) in [5.74, 6) is 0. The molecule has 96 valence electrons. The predicted octanol–water partition coefficient (Wildman–Crippen LogP) is 4.11. The molecule has 0 aromatic carbocycles. The van der Waals surface area contributed by atoms with E-state index >= 15 is 0 Å². The first-order valence-electron chi connectivity index (χ1n) is 6.08. The molecule has 0 saturated carbocycles. The number of pyridine rings is 1. The summed E-state index contributed by atoms with van der Waals surface area (Å²) in [6.45, 7) is 5.16. The molecule has 0 saturated heterocycles. The molecule has 0 spiro atoms. The zero-order valence-corrected chi connectivity index (χ0v) is 13.0. The minimum Gasteiger partial charge on any atom is -0.309 e. The molecule has 1 N–H and O–H groups in total. The van der Waals surface area contributed by atoms with Gasteiger partial charge in [0.25, 0.3) is 0 Å². The van der Waals surface area contributed by atoms with Crippen LogP contribution >= 0.6 is 27.3 Å². The lowest BCUT2D eigenvalue weighted by molar-refractivity contribution is 0.550. The smallest absolute Gasteiger partial charge is 0.0482 e. The van der Waals surface area contributed by atoms with Gasteiger partial charge in [0.1, 0.15) is 0 Å². The van der Waals surface area contributed by atoms with Crippen LogP contribution in [0.25, 0.3) is 0 Å². The van der Waals surface area contributed by atoms with Crippen LogP contribution in [0.2, 0.25) is 0 Å². The Hall–Kier alpha value is -0.710. The Kier molecular flexibility index (Phi) is 4.92. The second kappa shape index (κ2) is 6.45. The number of hydrogen-bond donors (Lipinski definition) is 1. The van der Waals surface area contributed by atoms with Crippen molar-refractivity contribution in [2.75, 3.05) is 6.54 Å². The summed E-state index contributed by atoms with van der Waals surface area (Å²) in [6, 6.07) is 6.67. The van der Waals surface area contributed by atoms with Gasteiger partial charge in [0.05, 0.1) is 0 Å². The van der Waals surface area contributed by atoms with Crippen LogP contribution in [0, 0.1) is 6.92 Å². The highest BCUT2D eigenvalue weighted by Gasteiger charge is 2.16. The van der Waals surface area contributed by atoms with Crippen molar-refractivity contribution in [3.8, 4) is 0 Å². The third-order valence-corrected chi connectivity index (χ3v) is 4.78. The highest BCUT2D eigenvalue weighted by atomic mass is 79.9. The SMILES string of the molecule is CCNC(Cc1ccc(C)cn1)c1sccc1Br. The zero-order chi connectivity index (χ0) is 13.0. The van der Waals surface area contributed by atoms with E-state index in [-0.39, 0.29) is 0 Å². The molecule has 18 heavy (non-hydrogen) atoms. The number of likely N-dealkylation sites (N-methyl/N-ethyl adjacent to an activating group) is 1. The molecule has 0 aliphatic heterocycles. The molecule has 2 rings (SSSR count). The maximum absolute atomic E-state index is 4.49. The molecule has 0 amide bonds. The van der Waals surface area contributed by atoms with E-state index < -0.39 is 0 Å². The van der Waals surface area contributed by atoms with Gasteiger partial charge in [-0.25, -0.2) is 0 Å². The monoisotopic (exact) mass is 324 g/mol. The van der Waals surface area contributed by atoms with Gasteiger partial charge in [-0.2, -0.15) is 0 Å². The molecule has 0 bridgehead atoms. The number of aryl methyl sites for hydroxylation is 1. The van der Waals surface area contributed by atoms with E-state index in [4.69, 9.17) is 0 Å². The standard InChI is InChI=1S/C14H17BrN2S/c1-3-16-13(14-12(15)6-7-18-14)8-11-5-4-10(2)9-17-11/h4-7,9,13,16H,3,8H2,1-2H3. The minimum atomic E-state index is 0.333. The van der Waals surface area contributed by atoms with E-state index in [0.717, 1.165) is 18.7 Å². The number of nitrogens with zero attached hydrogens (tertiary/aromatic N) is 1. The molecule has 2 aromatic rings. The first-order valence-corrected chi connectivity index (χ1v) is 7.75. The summed E-state index contributed by atoms with van der Waals surface area (Å²) >= 11 is 5.39. The zero-order valence-electron chi connectivity index (χ0n) is 10.6. The van der Waals surface area contributed by atoms with Gasteiger partial charge in [-0.1, -0.05) is 13.0 Å². The number of thiophene rings is 1. The van der Waals surface area contributed by atoms with Crippen LogP contribution in [0.1, 0.15) is 29.1 Å². The Morgan fingerprint density at radius 1 is 1.39 bits per heavy atom. The quantitative estimate of drug-likeness (QED) is 0.895. The van der Waals surface area contributed by atoms with Crippen molar-refractivity contribution in [2.45, 2.75) is 26.3 Å². The Morgan fingerprint density at radius 2 is 2.22 bits per heavy atom. The summed E-state index contributed by atoms with van der Waals surface area (Å²) in [5, 5.41) is 5.65. The van der Waals surface area contributed by atoms with E-state index in [1.807, 2.05) is 6.20 Å². The Labute approximate surface area is 121 Å². The average molecular weight is 325 g/mol. The molecule has 0 aliphatic carbocycles. The summed E-state index contributed by atoms with van der Waals surface area (Å²) in [6.07, 6.45) is 2.86. The summed E-state index contributed by atoms with van der Waals surface area (Å²) in [7, 11) is 0. The third kappa shape index (κ3) is 3.40. The predicted molar refractivity (Wildman–Crippen MR) is 81.1 cm³/mol. The van der Waals surface area contributed by atoms with Gasteiger partial charge >= 0.3 is 0 Å². The van der Waals surface area contributed by atoms with Gasteiger partial charge in [-0.3, -0.25) is 4.98 Å². The fourth-order valence-corrected chi connectivity index (χ4v) is 3.61. The van der Waals surface area contributed by atoms with Crippen LogP contribution in [0.3, 0.4) is 0 Å². The lowest BCUT2D eigenvalue weighted by atomic mass is 10.1. The lowest BCUT2D eigenvalue weighted by Gasteiger charge is -2.17. The molecule has 0 fully saturated rings. The van der Waals surface area contributed by atoms with Gasteiger partial charge in [-0.05, 0) is 52.5 Å². The van der Waals surface area contributed by atoms with Crippen molar-refractivity contribution in [2.24, 2.45) is 0 Å². The molecule has 1 atom stereocenters. The normalized spacial score (nSPS) is 12.6. The van der Waals surface area contributed by atoms with E-state index in [9.17, 15) is 0 Å². The second-order valence-electron chi connectivity index (χ2n) is 4.27. The van der Waals surface area contributed by atoms with Gasteiger partial charge in [0, 0.05) is 33.7 Å². The van der Waals surface area contributed by atoms with Gasteiger partial charge in [-0.15, -0.1) is 11.3 Å². The fraction of sp³-hybridized carbons (Fsp3) is 0.357. The molecular formula is C14H17BrN2S.